The van der Waals surface area contributed by atoms with Crippen LogP contribution in [0, 0.1) is 0 Å². The number of carbonyl (C=O) groups is 1. The lowest BCUT2D eigenvalue weighted by molar-refractivity contribution is -0.140. The van der Waals surface area contributed by atoms with Crippen molar-refractivity contribution >= 4 is 23.3 Å². The molecule has 2 N–H and O–H groups in total. The number of rotatable bonds is 4. The van der Waals surface area contributed by atoms with Crippen LogP contribution in [0.1, 0.15) is 18.5 Å². The second-order valence-corrected chi connectivity index (χ2v) is 5.85. The minimum atomic E-state index is -0.455. The summed E-state index contributed by atoms with van der Waals surface area (Å²) in [5.41, 5.74) is 2.05. The third-order valence-electron chi connectivity index (χ3n) is 3.75. The molecule has 1 aliphatic heterocycles. The number of hydrogen-bond donors (Lipinski definition) is 2. The number of hydrogen-bond acceptors (Lipinski definition) is 4. The maximum atomic E-state index is 11.7. The molecule has 5 heteroatoms. The first-order chi connectivity index (χ1) is 11.0. The van der Waals surface area contributed by atoms with Gasteiger partial charge in [0.2, 0.25) is 0 Å². The lowest BCUT2D eigenvalue weighted by atomic mass is 10.00. The molecule has 0 fully saturated rings. The molecule has 2 aromatic carbocycles. The summed E-state index contributed by atoms with van der Waals surface area (Å²) < 4.78 is 5.42. The highest BCUT2D eigenvalue weighted by Gasteiger charge is 2.31. The van der Waals surface area contributed by atoms with Crippen molar-refractivity contribution in [3.8, 4) is 5.75 Å². The highest BCUT2D eigenvalue weighted by atomic mass is 35.5. The predicted molar refractivity (Wildman–Crippen MR) is 89.6 cm³/mol. The first-order valence-electron chi connectivity index (χ1n) is 7.24. The Morgan fingerprint density at radius 2 is 1.87 bits per heavy atom. The van der Waals surface area contributed by atoms with Crippen molar-refractivity contribution in [2.45, 2.75) is 19.1 Å². The number of ether oxygens (including phenoxy) is 1. The molecule has 0 unspecified atom stereocenters. The van der Waals surface area contributed by atoms with Crippen molar-refractivity contribution in [3.05, 3.63) is 70.8 Å². The molecule has 0 aromatic heterocycles. The fourth-order valence-corrected chi connectivity index (χ4v) is 2.64. The van der Waals surface area contributed by atoms with E-state index in [-0.39, 0.29) is 17.8 Å². The molecule has 0 amide bonds. The van der Waals surface area contributed by atoms with Crippen LogP contribution in [0.2, 0.25) is 5.02 Å². The summed E-state index contributed by atoms with van der Waals surface area (Å²) in [6.07, 6.45) is 1.33. The smallest absolute Gasteiger partial charge is 0.334 e. The van der Waals surface area contributed by atoms with Gasteiger partial charge in [0.1, 0.15) is 11.9 Å². The van der Waals surface area contributed by atoms with Gasteiger partial charge in [-0.3, -0.25) is 0 Å². The van der Waals surface area contributed by atoms with Gasteiger partial charge in [-0.25, -0.2) is 4.79 Å². The molecular formula is C18H16ClNO3. The fraction of sp³-hybridized carbons (Fsp3) is 0.167. The van der Waals surface area contributed by atoms with E-state index in [1.165, 1.54) is 0 Å². The third kappa shape index (κ3) is 3.32. The molecule has 1 heterocycles. The molecule has 1 aliphatic rings. The monoisotopic (exact) mass is 329 g/mol. The van der Waals surface area contributed by atoms with Crippen molar-refractivity contribution in [1.29, 1.82) is 0 Å². The highest BCUT2D eigenvalue weighted by molar-refractivity contribution is 6.30. The van der Waals surface area contributed by atoms with Gasteiger partial charge in [0, 0.05) is 10.6 Å². The van der Waals surface area contributed by atoms with Crippen LogP contribution in [0.3, 0.4) is 0 Å². The van der Waals surface area contributed by atoms with Gasteiger partial charge in [0.15, 0.2) is 0 Å². The number of nitrogens with one attached hydrogen (secondary N) is 1. The van der Waals surface area contributed by atoms with Gasteiger partial charge in [-0.1, -0.05) is 35.9 Å². The van der Waals surface area contributed by atoms with Crippen molar-refractivity contribution in [3.63, 3.8) is 0 Å². The standard InChI is InChI=1S/C18H16ClNO3/c1-11-10-16(23-18(11)22)17(12-6-8-13(19)9-7-12)20-14-4-2-3-5-15(14)21/h2-10,16-17,20-21H,1H3/t16-,17-/m0/s1. The van der Waals surface area contributed by atoms with Crippen LogP contribution < -0.4 is 5.32 Å². The Morgan fingerprint density at radius 1 is 1.17 bits per heavy atom. The Hall–Kier alpha value is -2.46. The first kappa shape index (κ1) is 15.4. The largest absolute Gasteiger partial charge is 0.506 e. The molecule has 0 spiro atoms. The second-order valence-electron chi connectivity index (χ2n) is 5.41. The van der Waals surface area contributed by atoms with Gasteiger partial charge in [0.05, 0.1) is 11.7 Å². The number of carbonyl (C=O) groups excluding carboxylic acids is 1. The van der Waals surface area contributed by atoms with E-state index in [0.717, 1.165) is 5.56 Å². The van der Waals surface area contributed by atoms with Gasteiger partial charge in [-0.15, -0.1) is 0 Å². The normalized spacial score (nSPS) is 18.3. The molecule has 118 valence electrons. The number of aromatic hydroxyl groups is 1. The van der Waals surface area contributed by atoms with Crippen LogP contribution in [0.5, 0.6) is 5.75 Å². The van der Waals surface area contributed by atoms with Gasteiger partial charge < -0.3 is 15.2 Å². The van der Waals surface area contributed by atoms with Gasteiger partial charge in [-0.05, 0) is 42.8 Å². The lowest BCUT2D eigenvalue weighted by Crippen LogP contribution is -2.25. The zero-order valence-electron chi connectivity index (χ0n) is 12.5. The number of esters is 1. The van der Waals surface area contributed by atoms with Crippen molar-refractivity contribution in [2.75, 3.05) is 5.32 Å². The van der Waals surface area contributed by atoms with E-state index in [0.29, 0.717) is 16.3 Å². The maximum absolute atomic E-state index is 11.7. The molecule has 0 radical (unpaired) electrons. The molecule has 4 nitrogen and oxygen atoms in total. The zero-order valence-corrected chi connectivity index (χ0v) is 13.2. The molecule has 3 rings (SSSR count). The summed E-state index contributed by atoms with van der Waals surface area (Å²) >= 11 is 5.95. The topological polar surface area (TPSA) is 58.6 Å². The Bertz CT molecular complexity index is 755. The Morgan fingerprint density at radius 3 is 2.48 bits per heavy atom. The van der Waals surface area contributed by atoms with Crippen LogP contribution >= 0.6 is 11.6 Å². The lowest BCUT2D eigenvalue weighted by Gasteiger charge is -2.25. The van der Waals surface area contributed by atoms with Crippen molar-refractivity contribution in [1.82, 2.24) is 0 Å². The first-order valence-corrected chi connectivity index (χ1v) is 7.62. The van der Waals surface area contributed by atoms with Crippen LogP contribution in [-0.4, -0.2) is 17.2 Å². The van der Waals surface area contributed by atoms with E-state index >= 15 is 0 Å². The van der Waals surface area contributed by atoms with E-state index in [1.54, 1.807) is 43.3 Å². The molecule has 0 saturated carbocycles. The van der Waals surface area contributed by atoms with Gasteiger partial charge in [0.25, 0.3) is 0 Å². The number of cyclic esters (lactones) is 1. The fourth-order valence-electron chi connectivity index (χ4n) is 2.52. The summed E-state index contributed by atoms with van der Waals surface area (Å²) in [7, 11) is 0. The van der Waals surface area contributed by atoms with E-state index < -0.39 is 6.10 Å². The summed E-state index contributed by atoms with van der Waals surface area (Å²) in [5.74, 6) is -0.190. The molecule has 0 bridgehead atoms. The average Bonchev–Trinajstić information content (AvgIpc) is 2.87. The van der Waals surface area contributed by atoms with Crippen LogP contribution in [0.4, 0.5) is 5.69 Å². The SMILES string of the molecule is CC1=C[C@@H]([C@@H](Nc2ccccc2O)c2ccc(Cl)cc2)OC1=O. The van der Waals surface area contributed by atoms with Crippen molar-refractivity contribution < 1.29 is 14.6 Å². The number of phenolic OH excluding ortho intramolecular Hbond substituents is 1. The van der Waals surface area contributed by atoms with Crippen LogP contribution in [-0.2, 0) is 9.53 Å². The minimum Gasteiger partial charge on any atom is -0.506 e. The van der Waals surface area contributed by atoms with E-state index in [9.17, 15) is 9.90 Å². The number of halogens is 1. The van der Waals surface area contributed by atoms with Crippen molar-refractivity contribution in [2.24, 2.45) is 0 Å². The molecule has 0 aliphatic carbocycles. The number of phenols is 1. The Kier molecular flexibility index (Phi) is 4.26. The highest BCUT2D eigenvalue weighted by Crippen LogP contribution is 2.33. The second kappa shape index (κ2) is 6.34. The summed E-state index contributed by atoms with van der Waals surface area (Å²) in [5, 5.41) is 13.9. The van der Waals surface area contributed by atoms with Crippen LogP contribution in [0.15, 0.2) is 60.2 Å². The molecule has 23 heavy (non-hydrogen) atoms. The number of anilines is 1. The minimum absolute atomic E-state index is 0.136. The maximum Gasteiger partial charge on any atom is 0.334 e. The molecule has 2 atom stereocenters. The molecular weight excluding hydrogens is 314 g/mol. The third-order valence-corrected chi connectivity index (χ3v) is 4.00. The van der Waals surface area contributed by atoms with E-state index in [2.05, 4.69) is 5.32 Å². The Balaban J connectivity index is 1.95. The quantitative estimate of drug-likeness (QED) is 0.655. The van der Waals surface area contributed by atoms with Crippen LogP contribution in [0.25, 0.3) is 0 Å². The summed E-state index contributed by atoms with van der Waals surface area (Å²) in [6.45, 7) is 1.72. The van der Waals surface area contributed by atoms with E-state index in [1.807, 2.05) is 18.2 Å². The molecule has 2 aromatic rings. The number of benzene rings is 2. The Labute approximate surface area is 139 Å². The summed E-state index contributed by atoms with van der Waals surface area (Å²) in [6, 6.07) is 13.9. The van der Waals surface area contributed by atoms with E-state index in [4.69, 9.17) is 16.3 Å². The van der Waals surface area contributed by atoms with Gasteiger partial charge >= 0.3 is 5.97 Å². The predicted octanol–water partition coefficient (Wildman–Crippen LogP) is 4.07. The molecule has 0 saturated heterocycles. The average molecular weight is 330 g/mol. The summed E-state index contributed by atoms with van der Waals surface area (Å²) in [4.78, 5) is 11.7. The number of para-hydroxylation sites is 2. The van der Waals surface area contributed by atoms with Gasteiger partial charge in [-0.2, -0.15) is 0 Å². The zero-order chi connectivity index (χ0) is 16.4.